The van der Waals surface area contributed by atoms with Crippen molar-refractivity contribution in [1.29, 1.82) is 0 Å². The molecule has 9 nitrogen and oxygen atoms in total. The van der Waals surface area contributed by atoms with Gasteiger partial charge in [-0.05, 0) is 48.8 Å². The highest BCUT2D eigenvalue weighted by Crippen LogP contribution is 2.23. The molecule has 0 unspecified atom stereocenters. The van der Waals surface area contributed by atoms with Crippen molar-refractivity contribution in [2.24, 2.45) is 5.92 Å². The van der Waals surface area contributed by atoms with Gasteiger partial charge in [-0.3, -0.25) is 14.4 Å². The molecule has 1 saturated heterocycles. The molecule has 2 N–H and O–H groups in total. The number of fused-ring (bicyclic) bond motifs is 1. The molecule has 0 spiro atoms. The molecule has 46 heavy (non-hydrogen) atoms. The molecular formula is C37H41N3O6. The van der Waals surface area contributed by atoms with Gasteiger partial charge in [0.25, 0.3) is 0 Å². The summed E-state index contributed by atoms with van der Waals surface area (Å²) in [6.45, 7) is 1.05. The number of amides is 2. The van der Waals surface area contributed by atoms with Crippen molar-refractivity contribution in [3.63, 3.8) is 0 Å². The molecule has 2 aliphatic heterocycles. The minimum Gasteiger partial charge on any atom is -0.461 e. The third-order valence-electron chi connectivity index (χ3n) is 8.39. The van der Waals surface area contributed by atoms with E-state index in [2.05, 4.69) is 10.6 Å². The van der Waals surface area contributed by atoms with Gasteiger partial charge in [0, 0.05) is 13.1 Å². The normalized spacial score (nSPS) is 22.0. The van der Waals surface area contributed by atoms with E-state index in [0.29, 0.717) is 32.4 Å². The fourth-order valence-corrected chi connectivity index (χ4v) is 5.84. The van der Waals surface area contributed by atoms with Crippen molar-refractivity contribution in [2.75, 3.05) is 6.54 Å². The first-order valence-corrected chi connectivity index (χ1v) is 15.9. The number of hydrogen-bond donors (Lipinski definition) is 2. The first kappa shape index (κ1) is 32.6. The maximum atomic E-state index is 13.8. The van der Waals surface area contributed by atoms with Crippen LogP contribution in [0.5, 0.6) is 0 Å². The van der Waals surface area contributed by atoms with E-state index >= 15 is 0 Å². The fourth-order valence-electron chi connectivity index (χ4n) is 5.84. The predicted octanol–water partition coefficient (Wildman–Crippen LogP) is 4.46. The lowest BCUT2D eigenvalue weighted by Crippen LogP contribution is -2.55. The molecule has 9 heteroatoms. The highest BCUT2D eigenvalue weighted by atomic mass is 16.5. The van der Waals surface area contributed by atoms with Gasteiger partial charge in [-0.15, -0.1) is 0 Å². The van der Waals surface area contributed by atoms with Gasteiger partial charge in [0.05, 0.1) is 12.0 Å². The Labute approximate surface area is 270 Å². The van der Waals surface area contributed by atoms with Crippen LogP contribution in [-0.2, 0) is 48.4 Å². The van der Waals surface area contributed by atoms with E-state index in [1.54, 1.807) is 4.90 Å². The number of ether oxygens (including phenoxy) is 2. The molecule has 4 atom stereocenters. The van der Waals surface area contributed by atoms with Gasteiger partial charge in [-0.25, -0.2) is 4.79 Å². The van der Waals surface area contributed by atoms with Gasteiger partial charge in [-0.2, -0.15) is 0 Å². The maximum absolute atomic E-state index is 13.8. The largest absolute Gasteiger partial charge is 0.461 e. The van der Waals surface area contributed by atoms with Crippen LogP contribution in [0.2, 0.25) is 0 Å². The van der Waals surface area contributed by atoms with E-state index in [-0.39, 0.29) is 32.0 Å². The van der Waals surface area contributed by atoms with Crippen LogP contribution < -0.4 is 10.6 Å². The number of esters is 2. The molecule has 0 radical (unpaired) electrons. The second-order valence-electron chi connectivity index (χ2n) is 11.7. The van der Waals surface area contributed by atoms with Crippen molar-refractivity contribution >= 4 is 23.8 Å². The molecule has 0 aliphatic carbocycles. The second-order valence-corrected chi connectivity index (χ2v) is 11.7. The number of benzene rings is 3. The van der Waals surface area contributed by atoms with Crippen molar-refractivity contribution < 1.29 is 28.7 Å². The fraction of sp³-hybridized carbons (Fsp3) is 0.351. The summed E-state index contributed by atoms with van der Waals surface area (Å²) < 4.78 is 11.3. The zero-order valence-electron chi connectivity index (χ0n) is 25.9. The summed E-state index contributed by atoms with van der Waals surface area (Å²) in [6.07, 6.45) is 5.53. The number of carbonyl (C=O) groups excluding carboxylic acids is 4. The van der Waals surface area contributed by atoms with Crippen molar-refractivity contribution in [3.8, 4) is 0 Å². The van der Waals surface area contributed by atoms with Crippen LogP contribution >= 0.6 is 0 Å². The van der Waals surface area contributed by atoms with Crippen LogP contribution in [0, 0.1) is 5.92 Å². The number of rotatable bonds is 9. The summed E-state index contributed by atoms with van der Waals surface area (Å²) >= 11 is 0. The van der Waals surface area contributed by atoms with E-state index < -0.39 is 41.9 Å². The second kappa shape index (κ2) is 16.5. The molecule has 0 saturated carbocycles. The predicted molar refractivity (Wildman–Crippen MR) is 173 cm³/mol. The van der Waals surface area contributed by atoms with Gasteiger partial charge in [0.15, 0.2) is 0 Å². The molecule has 3 aromatic rings. The Bertz CT molecular complexity index is 1480. The summed E-state index contributed by atoms with van der Waals surface area (Å²) in [6, 6.07) is 26.0. The summed E-state index contributed by atoms with van der Waals surface area (Å²) in [5.74, 6) is -2.45. The molecular weight excluding hydrogens is 582 g/mol. The summed E-state index contributed by atoms with van der Waals surface area (Å²) in [5, 5.41) is 6.23. The van der Waals surface area contributed by atoms with Gasteiger partial charge in [0.1, 0.15) is 25.3 Å². The number of nitrogens with zero attached hydrogens (tertiary/aromatic N) is 1. The molecule has 0 bridgehead atoms. The van der Waals surface area contributed by atoms with E-state index in [0.717, 1.165) is 16.7 Å². The number of nitrogens with one attached hydrogen (secondary N) is 2. The van der Waals surface area contributed by atoms with Gasteiger partial charge in [0.2, 0.25) is 11.8 Å². The average Bonchev–Trinajstić information content (AvgIpc) is 3.59. The molecule has 5 rings (SSSR count). The van der Waals surface area contributed by atoms with Crippen LogP contribution in [0.15, 0.2) is 103 Å². The Hall–Kier alpha value is -4.76. The topological polar surface area (TPSA) is 114 Å². The lowest BCUT2D eigenvalue weighted by molar-refractivity contribution is -0.154. The minimum atomic E-state index is -1.11. The highest BCUT2D eigenvalue weighted by molar-refractivity contribution is 5.93. The van der Waals surface area contributed by atoms with Crippen molar-refractivity contribution in [2.45, 2.75) is 70.0 Å². The van der Waals surface area contributed by atoms with Crippen LogP contribution in [0.3, 0.4) is 0 Å². The molecule has 1 fully saturated rings. The van der Waals surface area contributed by atoms with Crippen LogP contribution in [0.1, 0.15) is 48.8 Å². The third-order valence-corrected chi connectivity index (χ3v) is 8.39. The van der Waals surface area contributed by atoms with Crippen LogP contribution in [0.4, 0.5) is 0 Å². The van der Waals surface area contributed by atoms with Gasteiger partial charge < -0.3 is 25.0 Å². The Morgan fingerprint density at radius 3 is 1.96 bits per heavy atom. The number of hydrogen-bond acceptors (Lipinski definition) is 7. The maximum Gasteiger partial charge on any atom is 0.328 e. The zero-order valence-corrected chi connectivity index (χ0v) is 25.9. The quantitative estimate of drug-likeness (QED) is 0.267. The monoisotopic (exact) mass is 623 g/mol. The molecule has 3 aromatic carbocycles. The molecule has 2 amide bonds. The first-order chi connectivity index (χ1) is 22.5. The molecule has 2 heterocycles. The summed E-state index contributed by atoms with van der Waals surface area (Å²) in [5.41, 5.74) is 2.68. The van der Waals surface area contributed by atoms with E-state index in [4.69, 9.17) is 9.47 Å². The number of carbonyl (C=O) groups is 4. The Morgan fingerprint density at radius 1 is 0.761 bits per heavy atom. The van der Waals surface area contributed by atoms with Crippen molar-refractivity contribution in [1.82, 2.24) is 15.5 Å². The summed E-state index contributed by atoms with van der Waals surface area (Å²) in [4.78, 5) is 56.1. The highest BCUT2D eigenvalue weighted by Gasteiger charge is 2.39. The molecule has 0 aromatic heterocycles. The standard InChI is InChI=1S/C37H41N3O6/c41-34-33-21-12-22-40(33)35(42)31(38-24-27-13-4-1-5-14-27)20-11-10-19-30(36(43)45-25-28-15-6-2-7-16-28)23-32(39-34)37(44)46-26-29-17-8-3-9-18-29/h1-11,13-18,30-33,38H,12,19-26H2,(H,39,41)/t30-,31-,32-,33-/m0/s1. The molecule has 240 valence electrons. The summed E-state index contributed by atoms with van der Waals surface area (Å²) in [7, 11) is 0. The van der Waals surface area contributed by atoms with E-state index in [9.17, 15) is 19.2 Å². The van der Waals surface area contributed by atoms with E-state index in [1.165, 1.54) is 0 Å². The molecule has 2 aliphatic rings. The number of allylic oxidation sites excluding steroid dienone is 1. The lowest BCUT2D eigenvalue weighted by Gasteiger charge is -2.29. The van der Waals surface area contributed by atoms with Gasteiger partial charge in [-0.1, -0.05) is 103 Å². The van der Waals surface area contributed by atoms with Crippen molar-refractivity contribution in [3.05, 3.63) is 120 Å². The minimum absolute atomic E-state index is 0.00627. The lowest BCUT2D eigenvalue weighted by atomic mass is 9.95. The SMILES string of the molecule is O=C(OCc1ccccc1)[C@H]1CC=CC[C@H](NCc2ccccc2)C(=O)N2CCC[C@H]2C(=O)N[C@H](C(=O)OCc2ccccc2)C1. The zero-order chi connectivity index (χ0) is 32.1. The Kier molecular flexibility index (Phi) is 11.7. The smallest absolute Gasteiger partial charge is 0.328 e. The average molecular weight is 624 g/mol. The Morgan fingerprint density at radius 2 is 1.33 bits per heavy atom. The third kappa shape index (κ3) is 9.14. The first-order valence-electron chi connectivity index (χ1n) is 15.9. The van der Waals surface area contributed by atoms with Gasteiger partial charge >= 0.3 is 11.9 Å². The van der Waals surface area contributed by atoms with Crippen LogP contribution in [0.25, 0.3) is 0 Å². The van der Waals surface area contributed by atoms with E-state index in [1.807, 2.05) is 103 Å². The van der Waals surface area contributed by atoms with Crippen LogP contribution in [-0.4, -0.2) is 53.3 Å². The Balaban J connectivity index is 1.37.